The lowest BCUT2D eigenvalue weighted by Gasteiger charge is -2.07. The van der Waals surface area contributed by atoms with E-state index in [1.54, 1.807) is 4.68 Å². The SMILES string of the molecule is C#CCSc1nnnn1CCNCC(C)C. The summed E-state index contributed by atoms with van der Waals surface area (Å²) in [6, 6.07) is 0. The number of rotatable bonds is 7. The van der Waals surface area contributed by atoms with Crippen molar-refractivity contribution in [3.05, 3.63) is 0 Å². The van der Waals surface area contributed by atoms with Crippen molar-refractivity contribution in [3.63, 3.8) is 0 Å². The van der Waals surface area contributed by atoms with E-state index in [2.05, 4.69) is 40.6 Å². The highest BCUT2D eigenvalue weighted by Crippen LogP contribution is 2.11. The predicted octanol–water partition coefficient (Wildman–Crippen LogP) is 0.644. The molecule has 88 valence electrons. The Balaban J connectivity index is 2.30. The molecular formula is C10H17N5S. The lowest BCUT2D eigenvalue weighted by Crippen LogP contribution is -2.24. The molecule has 1 heterocycles. The van der Waals surface area contributed by atoms with Crippen LogP contribution in [0.3, 0.4) is 0 Å². The number of thioether (sulfide) groups is 1. The number of hydrogen-bond acceptors (Lipinski definition) is 5. The monoisotopic (exact) mass is 239 g/mol. The zero-order valence-corrected chi connectivity index (χ0v) is 10.5. The maximum atomic E-state index is 5.19. The van der Waals surface area contributed by atoms with Crippen LogP contribution < -0.4 is 5.32 Å². The summed E-state index contributed by atoms with van der Waals surface area (Å²) in [7, 11) is 0. The van der Waals surface area contributed by atoms with Crippen molar-refractivity contribution in [1.82, 2.24) is 25.5 Å². The van der Waals surface area contributed by atoms with Crippen LogP contribution in [0, 0.1) is 18.3 Å². The van der Waals surface area contributed by atoms with Gasteiger partial charge in [-0.1, -0.05) is 31.5 Å². The van der Waals surface area contributed by atoms with E-state index in [0.717, 1.165) is 24.8 Å². The van der Waals surface area contributed by atoms with Gasteiger partial charge in [0.1, 0.15) is 0 Å². The van der Waals surface area contributed by atoms with Crippen molar-refractivity contribution in [2.75, 3.05) is 18.8 Å². The van der Waals surface area contributed by atoms with Crippen LogP contribution >= 0.6 is 11.8 Å². The van der Waals surface area contributed by atoms with Crippen LogP contribution in [0.25, 0.3) is 0 Å². The van der Waals surface area contributed by atoms with E-state index in [9.17, 15) is 0 Å². The number of nitrogens with one attached hydrogen (secondary N) is 1. The fourth-order valence-corrected chi connectivity index (χ4v) is 1.71. The van der Waals surface area contributed by atoms with E-state index < -0.39 is 0 Å². The van der Waals surface area contributed by atoms with Crippen LogP contribution in [0.5, 0.6) is 0 Å². The summed E-state index contributed by atoms with van der Waals surface area (Å²) in [4.78, 5) is 0. The molecular weight excluding hydrogens is 222 g/mol. The molecule has 0 saturated carbocycles. The van der Waals surface area contributed by atoms with Gasteiger partial charge in [-0.2, -0.15) is 0 Å². The van der Waals surface area contributed by atoms with Gasteiger partial charge < -0.3 is 5.32 Å². The summed E-state index contributed by atoms with van der Waals surface area (Å²) < 4.78 is 1.77. The Bertz CT molecular complexity index is 341. The van der Waals surface area contributed by atoms with Gasteiger partial charge in [0.2, 0.25) is 5.16 Å². The van der Waals surface area contributed by atoms with Crippen LogP contribution in [0.4, 0.5) is 0 Å². The Hall–Kier alpha value is -1.06. The van der Waals surface area contributed by atoms with Crippen molar-refractivity contribution < 1.29 is 0 Å². The van der Waals surface area contributed by atoms with Gasteiger partial charge >= 0.3 is 0 Å². The third-order valence-corrected chi connectivity index (χ3v) is 2.70. The molecule has 5 nitrogen and oxygen atoms in total. The van der Waals surface area contributed by atoms with Gasteiger partial charge in [-0.05, 0) is 22.9 Å². The fourth-order valence-electron chi connectivity index (χ4n) is 1.12. The molecule has 0 unspecified atom stereocenters. The minimum Gasteiger partial charge on any atom is -0.315 e. The normalized spacial score (nSPS) is 10.6. The van der Waals surface area contributed by atoms with Gasteiger partial charge in [-0.15, -0.1) is 11.5 Å². The lowest BCUT2D eigenvalue weighted by molar-refractivity contribution is 0.482. The predicted molar refractivity (Wildman–Crippen MR) is 65.1 cm³/mol. The van der Waals surface area contributed by atoms with Crippen molar-refractivity contribution in [3.8, 4) is 12.3 Å². The molecule has 1 N–H and O–H groups in total. The number of nitrogens with zero attached hydrogens (tertiary/aromatic N) is 4. The van der Waals surface area contributed by atoms with Crippen molar-refractivity contribution >= 4 is 11.8 Å². The Labute approximate surface area is 100 Å². The first kappa shape index (κ1) is 13.0. The summed E-state index contributed by atoms with van der Waals surface area (Å²) in [6.07, 6.45) is 5.19. The standard InChI is InChI=1S/C10H17N5S/c1-4-7-16-10-12-13-14-15(10)6-5-11-8-9(2)3/h1,9,11H,5-8H2,2-3H3. The molecule has 0 amide bonds. The quantitative estimate of drug-likeness (QED) is 0.430. The molecule has 0 saturated heterocycles. The van der Waals surface area contributed by atoms with Crippen molar-refractivity contribution in [2.24, 2.45) is 5.92 Å². The van der Waals surface area contributed by atoms with E-state index >= 15 is 0 Å². The van der Waals surface area contributed by atoms with Crippen LogP contribution in [0.1, 0.15) is 13.8 Å². The second-order valence-corrected chi connectivity index (χ2v) is 4.72. The van der Waals surface area contributed by atoms with Crippen LogP contribution in [0.2, 0.25) is 0 Å². The molecule has 16 heavy (non-hydrogen) atoms. The number of tetrazole rings is 1. The maximum absolute atomic E-state index is 5.19. The first-order chi connectivity index (χ1) is 7.74. The third-order valence-electron chi connectivity index (χ3n) is 1.84. The van der Waals surface area contributed by atoms with Crippen LogP contribution in [-0.4, -0.2) is 39.0 Å². The molecule has 1 rings (SSSR count). The van der Waals surface area contributed by atoms with E-state index in [1.165, 1.54) is 11.8 Å². The highest BCUT2D eigenvalue weighted by molar-refractivity contribution is 7.99. The van der Waals surface area contributed by atoms with Crippen molar-refractivity contribution in [2.45, 2.75) is 25.5 Å². The summed E-state index contributed by atoms with van der Waals surface area (Å²) in [5, 5.41) is 15.6. The first-order valence-corrected chi connectivity index (χ1v) is 6.25. The van der Waals surface area contributed by atoms with Gasteiger partial charge in [0.15, 0.2) is 0 Å². The molecule has 1 aromatic heterocycles. The largest absolute Gasteiger partial charge is 0.315 e. The molecule has 0 aliphatic heterocycles. The Morgan fingerprint density at radius 3 is 3.06 bits per heavy atom. The van der Waals surface area contributed by atoms with E-state index in [4.69, 9.17) is 6.42 Å². The average molecular weight is 239 g/mol. The second kappa shape index (κ2) is 7.25. The highest BCUT2D eigenvalue weighted by atomic mass is 32.2. The third kappa shape index (κ3) is 4.64. The molecule has 1 aromatic rings. The number of hydrogen-bond donors (Lipinski definition) is 1. The van der Waals surface area contributed by atoms with Gasteiger partial charge in [0.05, 0.1) is 12.3 Å². The molecule has 0 atom stereocenters. The maximum Gasteiger partial charge on any atom is 0.210 e. The molecule has 0 bridgehead atoms. The zero-order valence-electron chi connectivity index (χ0n) is 9.68. The second-order valence-electron chi connectivity index (χ2n) is 3.78. The lowest BCUT2D eigenvalue weighted by atomic mass is 10.2. The fraction of sp³-hybridized carbons (Fsp3) is 0.700. The summed E-state index contributed by atoms with van der Waals surface area (Å²) in [5.41, 5.74) is 0. The van der Waals surface area contributed by atoms with Gasteiger partial charge in [0, 0.05) is 6.54 Å². The highest BCUT2D eigenvalue weighted by Gasteiger charge is 2.05. The van der Waals surface area contributed by atoms with E-state index in [1.807, 2.05) is 0 Å². The summed E-state index contributed by atoms with van der Waals surface area (Å²) in [6.45, 7) is 7.00. The molecule has 0 aromatic carbocycles. The molecule has 0 spiro atoms. The topological polar surface area (TPSA) is 55.6 Å². The molecule has 0 aliphatic carbocycles. The molecule has 0 radical (unpaired) electrons. The van der Waals surface area contributed by atoms with Gasteiger partial charge in [-0.3, -0.25) is 0 Å². The number of aromatic nitrogens is 4. The van der Waals surface area contributed by atoms with Gasteiger partial charge in [0.25, 0.3) is 0 Å². The zero-order chi connectivity index (χ0) is 11.8. The Kier molecular flexibility index (Phi) is 5.90. The Morgan fingerprint density at radius 2 is 2.38 bits per heavy atom. The minimum atomic E-state index is 0.597. The van der Waals surface area contributed by atoms with Gasteiger partial charge in [-0.25, -0.2) is 4.68 Å². The smallest absolute Gasteiger partial charge is 0.210 e. The summed E-state index contributed by atoms with van der Waals surface area (Å²) in [5.74, 6) is 3.81. The molecule has 6 heteroatoms. The van der Waals surface area contributed by atoms with Crippen molar-refractivity contribution in [1.29, 1.82) is 0 Å². The molecule has 0 aliphatic rings. The van der Waals surface area contributed by atoms with E-state index in [0.29, 0.717) is 11.7 Å². The van der Waals surface area contributed by atoms with E-state index in [-0.39, 0.29) is 0 Å². The number of terminal acetylenes is 1. The first-order valence-electron chi connectivity index (χ1n) is 5.27. The Morgan fingerprint density at radius 1 is 1.56 bits per heavy atom. The average Bonchev–Trinajstić information content (AvgIpc) is 2.69. The summed E-state index contributed by atoms with van der Waals surface area (Å²) >= 11 is 1.48. The molecule has 0 fully saturated rings. The minimum absolute atomic E-state index is 0.597. The van der Waals surface area contributed by atoms with Crippen LogP contribution in [0.15, 0.2) is 5.16 Å². The van der Waals surface area contributed by atoms with Crippen LogP contribution in [-0.2, 0) is 6.54 Å².